The molecular formula is C43H51N7O3. The van der Waals surface area contributed by atoms with Gasteiger partial charge >= 0.3 is 0 Å². The number of aromatic hydroxyl groups is 1. The number of piperazine rings is 1. The van der Waals surface area contributed by atoms with Gasteiger partial charge in [-0.05, 0) is 79.5 Å². The standard InChI is InChI=1S/C43H51N7O3/c51-40-9-5-4-8-38(40)39-28-36(29-44-46-39)50-22-18-43(19-23-50,34-6-2-1-3-7-34)31-48-26-24-47(25-27-48)30-32-16-20-49(21-17-32)35-12-10-33(11-13-35)37-14-15-41(52)45-42(37)53/h1-13,28-29,32,37,51H,14-27,30-31H2,(H,45,52,53)/t37-/m0/s1. The monoisotopic (exact) mass is 713 g/mol. The van der Waals surface area contributed by atoms with E-state index in [2.05, 4.69) is 95.8 Å². The summed E-state index contributed by atoms with van der Waals surface area (Å²) in [7, 11) is 0. The zero-order chi connectivity index (χ0) is 36.2. The number of imide groups is 1. The van der Waals surface area contributed by atoms with E-state index in [9.17, 15) is 14.7 Å². The van der Waals surface area contributed by atoms with E-state index in [1.165, 1.54) is 30.6 Å². The molecule has 8 rings (SSSR count). The van der Waals surface area contributed by atoms with Crippen LogP contribution in [0.15, 0.2) is 91.1 Å². The number of benzene rings is 3. The van der Waals surface area contributed by atoms with Gasteiger partial charge in [-0.3, -0.25) is 19.8 Å². The summed E-state index contributed by atoms with van der Waals surface area (Å²) in [5.74, 6) is 0.368. The Morgan fingerprint density at radius 2 is 1.42 bits per heavy atom. The maximum atomic E-state index is 12.3. The van der Waals surface area contributed by atoms with Crippen molar-refractivity contribution in [1.29, 1.82) is 0 Å². The Morgan fingerprint density at radius 1 is 0.736 bits per heavy atom. The Morgan fingerprint density at radius 3 is 2.13 bits per heavy atom. The van der Waals surface area contributed by atoms with Crippen LogP contribution in [0.3, 0.4) is 0 Å². The molecule has 4 aliphatic rings. The molecule has 0 bridgehead atoms. The van der Waals surface area contributed by atoms with Crippen LogP contribution in [0.5, 0.6) is 5.75 Å². The SMILES string of the molecule is O=C1CC[C@@H](c2ccc(N3CCC(CN4CCN(CC5(c6ccccc6)CCN(c6cnnc(-c7ccccc7O)c6)CC5)CC4)CC3)cc2)C(=O)N1. The first-order valence-electron chi connectivity index (χ1n) is 19.5. The van der Waals surface area contributed by atoms with Crippen molar-refractivity contribution < 1.29 is 14.7 Å². The molecule has 0 radical (unpaired) electrons. The number of nitrogens with zero attached hydrogens (tertiary/aromatic N) is 6. The van der Waals surface area contributed by atoms with Gasteiger partial charge in [0.2, 0.25) is 11.8 Å². The van der Waals surface area contributed by atoms with E-state index in [-0.39, 0.29) is 28.9 Å². The average molecular weight is 714 g/mol. The topological polar surface area (TPSA) is 105 Å². The molecule has 3 aromatic carbocycles. The van der Waals surface area contributed by atoms with Crippen molar-refractivity contribution in [2.45, 2.75) is 49.9 Å². The number of anilines is 2. The van der Waals surface area contributed by atoms with Crippen LogP contribution >= 0.6 is 0 Å². The zero-order valence-electron chi connectivity index (χ0n) is 30.6. The summed E-state index contributed by atoms with van der Waals surface area (Å²) in [5.41, 5.74) is 6.23. The molecule has 4 saturated heterocycles. The summed E-state index contributed by atoms with van der Waals surface area (Å²) in [6.07, 6.45) is 7.39. The van der Waals surface area contributed by atoms with E-state index in [0.717, 1.165) is 88.9 Å². The number of nitrogens with one attached hydrogen (secondary N) is 1. The van der Waals surface area contributed by atoms with E-state index in [0.29, 0.717) is 24.1 Å². The summed E-state index contributed by atoms with van der Waals surface area (Å²) in [6, 6.07) is 29.0. The smallest absolute Gasteiger partial charge is 0.234 e. The molecule has 1 atom stereocenters. The first kappa shape index (κ1) is 35.2. The quantitative estimate of drug-likeness (QED) is 0.220. The predicted octanol–water partition coefficient (Wildman–Crippen LogP) is 5.44. The number of hydrogen-bond acceptors (Lipinski definition) is 9. The number of aromatic nitrogens is 2. The van der Waals surface area contributed by atoms with Gasteiger partial charge in [-0.1, -0.05) is 54.6 Å². The molecule has 5 heterocycles. The lowest BCUT2D eigenvalue weighted by Gasteiger charge is -2.47. The molecule has 4 aromatic rings. The first-order valence-corrected chi connectivity index (χ1v) is 19.5. The van der Waals surface area contributed by atoms with Gasteiger partial charge in [-0.15, -0.1) is 0 Å². The molecule has 0 spiro atoms. The molecule has 276 valence electrons. The molecule has 1 aromatic heterocycles. The predicted molar refractivity (Wildman–Crippen MR) is 208 cm³/mol. The Hall–Kier alpha value is -4.80. The highest BCUT2D eigenvalue weighted by Gasteiger charge is 2.39. The highest BCUT2D eigenvalue weighted by molar-refractivity contribution is 6.00. The van der Waals surface area contributed by atoms with Gasteiger partial charge in [0, 0.05) is 88.5 Å². The molecule has 0 unspecified atom stereocenters. The van der Waals surface area contributed by atoms with Crippen molar-refractivity contribution in [3.63, 3.8) is 0 Å². The maximum absolute atomic E-state index is 12.3. The minimum Gasteiger partial charge on any atom is -0.507 e. The molecule has 2 amide bonds. The van der Waals surface area contributed by atoms with Crippen molar-refractivity contribution in [2.75, 3.05) is 75.2 Å². The fourth-order valence-electron chi connectivity index (χ4n) is 9.10. The van der Waals surface area contributed by atoms with Crippen LogP contribution < -0.4 is 15.1 Å². The Kier molecular flexibility index (Phi) is 10.4. The summed E-state index contributed by atoms with van der Waals surface area (Å²) in [5, 5.41) is 21.5. The lowest BCUT2D eigenvalue weighted by molar-refractivity contribution is -0.134. The molecule has 4 aliphatic heterocycles. The van der Waals surface area contributed by atoms with Gasteiger partial charge in [0.25, 0.3) is 0 Å². The summed E-state index contributed by atoms with van der Waals surface area (Å²) in [6.45, 7) is 10.7. The second kappa shape index (κ2) is 15.7. The lowest BCUT2D eigenvalue weighted by atomic mass is 9.72. The van der Waals surface area contributed by atoms with E-state index >= 15 is 0 Å². The number of para-hydroxylation sites is 1. The van der Waals surface area contributed by atoms with Gasteiger partial charge in [0.15, 0.2) is 0 Å². The molecule has 53 heavy (non-hydrogen) atoms. The highest BCUT2D eigenvalue weighted by Crippen LogP contribution is 2.39. The number of piperidine rings is 3. The largest absolute Gasteiger partial charge is 0.507 e. The normalized spacial score (nSPS) is 21.8. The van der Waals surface area contributed by atoms with E-state index in [1.54, 1.807) is 6.07 Å². The Bertz CT molecular complexity index is 1860. The molecule has 4 fully saturated rings. The first-order chi connectivity index (χ1) is 25.9. The number of hydrogen-bond donors (Lipinski definition) is 2. The Labute approximate surface area is 312 Å². The van der Waals surface area contributed by atoms with E-state index in [4.69, 9.17) is 0 Å². The van der Waals surface area contributed by atoms with E-state index in [1.807, 2.05) is 24.4 Å². The van der Waals surface area contributed by atoms with Gasteiger partial charge in [-0.2, -0.15) is 10.2 Å². The minimum atomic E-state index is -0.230. The fraction of sp³-hybridized carbons (Fsp3) is 0.442. The number of carbonyl (C=O) groups excluding carboxylic acids is 2. The molecule has 10 heteroatoms. The summed E-state index contributed by atoms with van der Waals surface area (Å²) < 4.78 is 0. The average Bonchev–Trinajstić information content (AvgIpc) is 3.20. The lowest BCUT2D eigenvalue weighted by Crippen LogP contribution is -2.54. The van der Waals surface area contributed by atoms with Gasteiger partial charge in [0.1, 0.15) is 5.75 Å². The zero-order valence-corrected chi connectivity index (χ0v) is 30.6. The number of rotatable bonds is 9. The van der Waals surface area contributed by atoms with Crippen LogP contribution in [0.4, 0.5) is 11.4 Å². The van der Waals surface area contributed by atoms with Crippen molar-refractivity contribution >= 4 is 23.2 Å². The molecule has 10 nitrogen and oxygen atoms in total. The van der Waals surface area contributed by atoms with Crippen LogP contribution in [-0.2, 0) is 15.0 Å². The molecule has 0 saturated carbocycles. The fourth-order valence-corrected chi connectivity index (χ4v) is 9.10. The second-order valence-electron chi connectivity index (χ2n) is 15.6. The van der Waals surface area contributed by atoms with Crippen LogP contribution in [0.2, 0.25) is 0 Å². The van der Waals surface area contributed by atoms with Crippen molar-refractivity contribution in [3.8, 4) is 17.0 Å². The van der Waals surface area contributed by atoms with Crippen molar-refractivity contribution in [1.82, 2.24) is 25.3 Å². The van der Waals surface area contributed by atoms with Crippen LogP contribution in [-0.4, -0.2) is 102 Å². The molecular weight excluding hydrogens is 663 g/mol. The van der Waals surface area contributed by atoms with Crippen molar-refractivity contribution in [2.24, 2.45) is 5.92 Å². The van der Waals surface area contributed by atoms with Gasteiger partial charge < -0.3 is 19.8 Å². The van der Waals surface area contributed by atoms with Crippen LogP contribution in [0, 0.1) is 5.92 Å². The second-order valence-corrected chi connectivity index (χ2v) is 15.6. The maximum Gasteiger partial charge on any atom is 0.234 e. The van der Waals surface area contributed by atoms with Crippen LogP contribution in [0.1, 0.15) is 55.6 Å². The third-order valence-corrected chi connectivity index (χ3v) is 12.3. The molecule has 0 aliphatic carbocycles. The highest BCUT2D eigenvalue weighted by atomic mass is 16.3. The molecule has 2 N–H and O–H groups in total. The number of carbonyl (C=O) groups is 2. The number of phenols is 1. The van der Waals surface area contributed by atoms with Gasteiger partial charge in [-0.25, -0.2) is 0 Å². The third-order valence-electron chi connectivity index (χ3n) is 12.3. The number of amides is 2. The summed E-state index contributed by atoms with van der Waals surface area (Å²) >= 11 is 0. The van der Waals surface area contributed by atoms with Crippen molar-refractivity contribution in [3.05, 3.63) is 102 Å². The van der Waals surface area contributed by atoms with Gasteiger partial charge in [0.05, 0.1) is 23.5 Å². The van der Waals surface area contributed by atoms with E-state index < -0.39 is 0 Å². The number of phenolic OH excluding ortho intramolecular Hbond substituents is 1. The third kappa shape index (κ3) is 7.94. The minimum absolute atomic E-state index is 0.105. The van der Waals surface area contributed by atoms with Crippen LogP contribution in [0.25, 0.3) is 11.3 Å². The summed E-state index contributed by atoms with van der Waals surface area (Å²) in [4.78, 5) is 34.2. The Balaban J connectivity index is 0.828.